The van der Waals surface area contributed by atoms with E-state index in [9.17, 15) is 14.7 Å². The number of aliphatic hydroxyl groups excluding tert-OH is 1. The van der Waals surface area contributed by atoms with Crippen LogP contribution in [0.15, 0.2) is 30.3 Å². The number of nitrogens with one attached hydrogen (secondary N) is 2. The molecule has 0 aromatic heterocycles. The monoisotopic (exact) mass is 282 g/mol. The van der Waals surface area contributed by atoms with Gasteiger partial charge in [-0.2, -0.15) is 0 Å². The molecule has 1 rings (SSSR count). The highest BCUT2D eigenvalue weighted by molar-refractivity contribution is 7.99. The highest BCUT2D eigenvalue weighted by atomic mass is 32.2. The summed E-state index contributed by atoms with van der Waals surface area (Å²) in [5.74, 6) is 0.185. The maximum absolute atomic E-state index is 11.4. The van der Waals surface area contributed by atoms with Crippen molar-refractivity contribution in [3.05, 3.63) is 35.9 Å². The van der Waals surface area contributed by atoms with Crippen LogP contribution in [0.4, 0.5) is 4.79 Å². The third kappa shape index (κ3) is 6.26. The van der Waals surface area contributed by atoms with E-state index in [1.54, 1.807) is 6.92 Å². The van der Waals surface area contributed by atoms with Gasteiger partial charge in [0.1, 0.15) is 0 Å². The van der Waals surface area contributed by atoms with Crippen LogP contribution in [-0.2, 0) is 4.79 Å². The summed E-state index contributed by atoms with van der Waals surface area (Å²) in [5.41, 5.74) is 0.819. The fraction of sp³-hybridized carbons (Fsp3) is 0.385. The molecule has 0 unspecified atom stereocenters. The predicted molar refractivity (Wildman–Crippen MR) is 75.9 cm³/mol. The second-order valence-corrected chi connectivity index (χ2v) is 4.88. The van der Waals surface area contributed by atoms with E-state index >= 15 is 0 Å². The molecular weight excluding hydrogens is 264 g/mol. The lowest BCUT2D eigenvalue weighted by molar-refractivity contribution is -0.117. The van der Waals surface area contributed by atoms with E-state index in [1.807, 2.05) is 30.3 Å². The number of aliphatic hydroxyl groups is 1. The van der Waals surface area contributed by atoms with Crippen LogP contribution in [-0.4, -0.2) is 35.1 Å². The van der Waals surface area contributed by atoms with Gasteiger partial charge in [-0.3, -0.25) is 10.1 Å². The van der Waals surface area contributed by atoms with E-state index in [1.165, 1.54) is 11.8 Å². The maximum Gasteiger partial charge on any atom is 0.321 e. The van der Waals surface area contributed by atoms with E-state index < -0.39 is 12.1 Å². The largest absolute Gasteiger partial charge is 0.388 e. The molecule has 1 aromatic carbocycles. The number of carbonyl (C=O) groups is 2. The Hall–Kier alpha value is -1.53. The summed E-state index contributed by atoms with van der Waals surface area (Å²) in [6, 6.07) is 8.76. The molecule has 6 heteroatoms. The van der Waals surface area contributed by atoms with Gasteiger partial charge in [0.2, 0.25) is 5.91 Å². The Morgan fingerprint density at radius 3 is 2.63 bits per heavy atom. The van der Waals surface area contributed by atoms with Crippen molar-refractivity contribution in [2.75, 3.05) is 18.1 Å². The van der Waals surface area contributed by atoms with E-state index in [-0.39, 0.29) is 11.7 Å². The van der Waals surface area contributed by atoms with Crippen LogP contribution >= 0.6 is 11.8 Å². The van der Waals surface area contributed by atoms with Gasteiger partial charge in [-0.1, -0.05) is 30.3 Å². The minimum absolute atomic E-state index is 0.140. The van der Waals surface area contributed by atoms with Crippen LogP contribution in [0.25, 0.3) is 0 Å². The first-order chi connectivity index (χ1) is 9.13. The van der Waals surface area contributed by atoms with E-state index in [4.69, 9.17) is 0 Å². The number of hydrogen-bond acceptors (Lipinski definition) is 4. The molecule has 0 aliphatic carbocycles. The minimum atomic E-state index is -0.608. The van der Waals surface area contributed by atoms with Crippen LogP contribution in [0.2, 0.25) is 0 Å². The van der Waals surface area contributed by atoms with E-state index in [2.05, 4.69) is 10.6 Å². The Bertz CT molecular complexity index is 412. The Morgan fingerprint density at radius 2 is 2.00 bits per heavy atom. The van der Waals surface area contributed by atoms with Gasteiger partial charge in [0, 0.05) is 12.3 Å². The summed E-state index contributed by atoms with van der Waals surface area (Å²) in [4.78, 5) is 22.4. The Balaban J connectivity index is 2.23. The van der Waals surface area contributed by atoms with Gasteiger partial charge in [-0.25, -0.2) is 4.79 Å². The lowest BCUT2D eigenvalue weighted by Gasteiger charge is -2.10. The number of thioether (sulfide) groups is 1. The molecule has 0 aliphatic heterocycles. The summed E-state index contributed by atoms with van der Waals surface area (Å²) in [6.07, 6.45) is -0.608. The summed E-state index contributed by atoms with van der Waals surface area (Å²) in [6.45, 7) is 2.24. The number of hydrogen-bond donors (Lipinski definition) is 3. The minimum Gasteiger partial charge on any atom is -0.388 e. The van der Waals surface area contributed by atoms with Gasteiger partial charge in [-0.15, -0.1) is 11.8 Å². The molecule has 0 spiro atoms. The third-order valence-corrected chi connectivity index (χ3v) is 3.30. The first kappa shape index (κ1) is 15.5. The van der Waals surface area contributed by atoms with E-state index in [0.29, 0.717) is 12.3 Å². The Labute approximate surface area is 116 Å². The predicted octanol–water partition coefficient (Wildman–Crippen LogP) is 1.30. The number of imide groups is 1. The van der Waals surface area contributed by atoms with Crippen LogP contribution in [0.1, 0.15) is 18.6 Å². The van der Waals surface area contributed by atoms with Crippen LogP contribution in [0.5, 0.6) is 0 Å². The number of rotatable bonds is 6. The van der Waals surface area contributed by atoms with Crippen molar-refractivity contribution in [3.63, 3.8) is 0 Å². The van der Waals surface area contributed by atoms with Gasteiger partial charge < -0.3 is 10.4 Å². The summed E-state index contributed by atoms with van der Waals surface area (Å²) < 4.78 is 0. The molecule has 1 aromatic rings. The molecule has 0 saturated heterocycles. The van der Waals surface area contributed by atoms with Crippen molar-refractivity contribution in [1.82, 2.24) is 10.6 Å². The Morgan fingerprint density at radius 1 is 1.32 bits per heavy atom. The van der Waals surface area contributed by atoms with Gasteiger partial charge in [0.05, 0.1) is 11.9 Å². The molecular formula is C13H18N2O3S. The molecule has 19 heavy (non-hydrogen) atoms. The van der Waals surface area contributed by atoms with Crippen molar-refractivity contribution in [1.29, 1.82) is 0 Å². The fourth-order valence-corrected chi connectivity index (χ4v) is 2.19. The molecule has 0 aliphatic rings. The van der Waals surface area contributed by atoms with Gasteiger partial charge in [-0.05, 0) is 12.5 Å². The second kappa shape index (κ2) is 8.55. The normalized spacial score (nSPS) is 11.7. The lowest BCUT2D eigenvalue weighted by atomic mass is 10.1. The van der Waals surface area contributed by atoms with E-state index in [0.717, 1.165) is 5.56 Å². The number of urea groups is 1. The molecule has 0 heterocycles. The third-order valence-electron chi connectivity index (χ3n) is 2.28. The molecule has 104 valence electrons. The molecule has 1 atom stereocenters. The van der Waals surface area contributed by atoms with Crippen molar-refractivity contribution in [3.8, 4) is 0 Å². The molecule has 0 radical (unpaired) electrons. The molecule has 0 saturated carbocycles. The van der Waals surface area contributed by atoms with Crippen molar-refractivity contribution in [2.24, 2.45) is 0 Å². The smallest absolute Gasteiger partial charge is 0.321 e. The highest BCUT2D eigenvalue weighted by Crippen LogP contribution is 2.17. The topological polar surface area (TPSA) is 78.4 Å². The highest BCUT2D eigenvalue weighted by Gasteiger charge is 2.10. The maximum atomic E-state index is 11.4. The SMILES string of the molecule is CCNC(=O)NC(=O)CSC[C@@H](O)c1ccccc1. The first-order valence-electron chi connectivity index (χ1n) is 6.02. The molecule has 3 N–H and O–H groups in total. The standard InChI is InChI=1S/C13H18N2O3S/c1-2-14-13(18)15-12(17)9-19-8-11(16)10-6-4-3-5-7-10/h3-7,11,16H,2,8-9H2,1H3,(H2,14,15,17,18)/t11-/m1/s1. The zero-order chi connectivity index (χ0) is 14.1. The molecule has 0 fully saturated rings. The molecule has 0 bridgehead atoms. The zero-order valence-electron chi connectivity index (χ0n) is 10.8. The summed E-state index contributed by atoms with van der Waals surface area (Å²) >= 11 is 1.28. The van der Waals surface area contributed by atoms with Gasteiger partial charge >= 0.3 is 6.03 Å². The summed E-state index contributed by atoms with van der Waals surface area (Å²) in [7, 11) is 0. The fourth-order valence-electron chi connectivity index (χ4n) is 1.40. The average molecular weight is 282 g/mol. The van der Waals surface area contributed by atoms with Crippen LogP contribution in [0.3, 0.4) is 0 Å². The number of amides is 3. The number of carbonyl (C=O) groups excluding carboxylic acids is 2. The Kier molecular flexibility index (Phi) is 6.99. The van der Waals surface area contributed by atoms with Crippen molar-refractivity contribution >= 4 is 23.7 Å². The average Bonchev–Trinajstić information content (AvgIpc) is 2.39. The van der Waals surface area contributed by atoms with Crippen molar-refractivity contribution < 1.29 is 14.7 Å². The van der Waals surface area contributed by atoms with Crippen LogP contribution in [0, 0.1) is 0 Å². The number of benzene rings is 1. The zero-order valence-corrected chi connectivity index (χ0v) is 11.6. The quantitative estimate of drug-likeness (QED) is 0.735. The first-order valence-corrected chi connectivity index (χ1v) is 7.17. The molecule has 3 amide bonds. The van der Waals surface area contributed by atoms with Crippen molar-refractivity contribution in [2.45, 2.75) is 13.0 Å². The second-order valence-electron chi connectivity index (χ2n) is 3.85. The lowest BCUT2D eigenvalue weighted by Crippen LogP contribution is -2.40. The van der Waals surface area contributed by atoms with Crippen LogP contribution < -0.4 is 10.6 Å². The van der Waals surface area contributed by atoms with Gasteiger partial charge in [0.25, 0.3) is 0 Å². The summed E-state index contributed by atoms with van der Waals surface area (Å²) in [5, 5.41) is 14.5. The van der Waals surface area contributed by atoms with Gasteiger partial charge in [0.15, 0.2) is 0 Å². The molecule has 5 nitrogen and oxygen atoms in total.